The minimum absolute atomic E-state index is 0.103. The first-order valence-corrected chi connectivity index (χ1v) is 6.05. The molecule has 1 saturated heterocycles. The Morgan fingerprint density at radius 3 is 2.09 bits per heavy atom. The molecule has 0 saturated carbocycles. The second-order valence-corrected chi connectivity index (χ2v) is 4.97. The molecule has 22 heavy (non-hydrogen) atoms. The SMILES string of the molecule is CC1(C)OC(=O)C(=Cc2ccc(C(F)(F)F)c(F)c2)C(=O)O1. The van der Waals surface area contributed by atoms with Gasteiger partial charge in [-0.3, -0.25) is 0 Å². The Bertz CT molecular complexity index is 652. The van der Waals surface area contributed by atoms with E-state index in [2.05, 4.69) is 0 Å². The highest BCUT2D eigenvalue weighted by atomic mass is 19.4. The molecule has 2 rings (SSSR count). The van der Waals surface area contributed by atoms with Crippen molar-refractivity contribution in [2.24, 2.45) is 0 Å². The van der Waals surface area contributed by atoms with Gasteiger partial charge in [0.1, 0.15) is 11.4 Å². The predicted octanol–water partition coefficient (Wildman–Crippen LogP) is 3.06. The summed E-state index contributed by atoms with van der Waals surface area (Å²) >= 11 is 0. The number of halogens is 4. The number of alkyl halides is 3. The Labute approximate surface area is 122 Å². The maximum absolute atomic E-state index is 13.4. The first kappa shape index (κ1) is 16.0. The van der Waals surface area contributed by atoms with Crippen molar-refractivity contribution in [2.75, 3.05) is 0 Å². The van der Waals surface area contributed by atoms with E-state index in [0.29, 0.717) is 12.1 Å². The molecular formula is C14H10F4O4. The van der Waals surface area contributed by atoms with E-state index in [9.17, 15) is 27.2 Å². The van der Waals surface area contributed by atoms with Crippen molar-refractivity contribution < 1.29 is 36.6 Å². The molecule has 4 nitrogen and oxygen atoms in total. The maximum atomic E-state index is 13.4. The highest BCUT2D eigenvalue weighted by Crippen LogP contribution is 2.32. The van der Waals surface area contributed by atoms with Gasteiger partial charge in [-0.15, -0.1) is 0 Å². The summed E-state index contributed by atoms with van der Waals surface area (Å²) in [6, 6.07) is 2.01. The number of hydrogen-bond acceptors (Lipinski definition) is 4. The molecule has 1 aromatic carbocycles. The van der Waals surface area contributed by atoms with Crippen LogP contribution in [0.3, 0.4) is 0 Å². The van der Waals surface area contributed by atoms with Crippen molar-refractivity contribution in [1.82, 2.24) is 0 Å². The standard InChI is InChI=1S/C14H10F4O4/c1-13(2)21-11(19)8(12(20)22-13)5-7-3-4-9(10(15)6-7)14(16,17)18/h3-6H,1-2H3. The average molecular weight is 318 g/mol. The topological polar surface area (TPSA) is 52.6 Å². The quantitative estimate of drug-likeness (QED) is 0.346. The monoisotopic (exact) mass is 318 g/mol. The summed E-state index contributed by atoms with van der Waals surface area (Å²) in [6.07, 6.45) is -3.92. The van der Waals surface area contributed by atoms with Gasteiger partial charge < -0.3 is 9.47 Å². The van der Waals surface area contributed by atoms with Gasteiger partial charge in [0.2, 0.25) is 0 Å². The number of hydrogen-bond donors (Lipinski definition) is 0. The van der Waals surface area contributed by atoms with Crippen LogP contribution in [0.25, 0.3) is 6.08 Å². The van der Waals surface area contributed by atoms with Gasteiger partial charge in [0.15, 0.2) is 0 Å². The molecule has 0 amide bonds. The third-order valence-corrected chi connectivity index (χ3v) is 2.73. The Hall–Kier alpha value is -2.38. The highest BCUT2D eigenvalue weighted by molar-refractivity contribution is 6.18. The zero-order chi connectivity index (χ0) is 16.7. The average Bonchev–Trinajstić information content (AvgIpc) is 2.31. The minimum atomic E-state index is -4.83. The number of benzene rings is 1. The molecule has 1 heterocycles. The summed E-state index contributed by atoms with van der Waals surface area (Å²) in [5.74, 6) is -4.94. The van der Waals surface area contributed by atoms with Gasteiger partial charge in [0.25, 0.3) is 5.79 Å². The number of esters is 2. The first-order chi connectivity index (χ1) is 9.99. The first-order valence-electron chi connectivity index (χ1n) is 6.05. The summed E-state index contributed by atoms with van der Waals surface area (Å²) in [5.41, 5.74) is -2.07. The number of carbonyl (C=O) groups excluding carboxylic acids is 2. The molecule has 0 atom stereocenters. The third kappa shape index (κ3) is 3.26. The van der Waals surface area contributed by atoms with Crippen LogP contribution < -0.4 is 0 Å². The van der Waals surface area contributed by atoms with Gasteiger partial charge in [-0.1, -0.05) is 6.07 Å². The smallest absolute Gasteiger partial charge is 0.419 e. The number of cyclic esters (lactones) is 2. The largest absolute Gasteiger partial charge is 0.419 e. The van der Waals surface area contributed by atoms with E-state index in [1.54, 1.807) is 0 Å². The molecule has 0 radical (unpaired) electrons. The second-order valence-electron chi connectivity index (χ2n) is 4.97. The van der Waals surface area contributed by atoms with Crippen LogP contribution in [0.1, 0.15) is 25.0 Å². The molecule has 1 aliphatic rings. The van der Waals surface area contributed by atoms with Crippen LogP contribution in [0.4, 0.5) is 17.6 Å². The Morgan fingerprint density at radius 2 is 1.64 bits per heavy atom. The Morgan fingerprint density at radius 1 is 1.09 bits per heavy atom. The third-order valence-electron chi connectivity index (χ3n) is 2.73. The molecule has 1 aromatic rings. The van der Waals surface area contributed by atoms with Gasteiger partial charge in [0.05, 0.1) is 5.56 Å². The molecule has 0 bridgehead atoms. The normalized spacial score (nSPS) is 17.8. The lowest BCUT2D eigenvalue weighted by molar-refractivity contribution is -0.222. The molecule has 0 spiro atoms. The summed E-state index contributed by atoms with van der Waals surface area (Å²) in [5, 5.41) is 0. The van der Waals surface area contributed by atoms with Crippen LogP contribution >= 0.6 is 0 Å². The zero-order valence-electron chi connectivity index (χ0n) is 11.5. The van der Waals surface area contributed by atoms with Gasteiger partial charge in [0, 0.05) is 13.8 Å². The Kier molecular flexibility index (Phi) is 3.72. The van der Waals surface area contributed by atoms with Gasteiger partial charge >= 0.3 is 18.1 Å². The van der Waals surface area contributed by atoms with Crippen LogP contribution in [-0.2, 0) is 25.2 Å². The predicted molar refractivity (Wildman–Crippen MR) is 65.6 cm³/mol. The van der Waals surface area contributed by atoms with Gasteiger partial charge in [-0.2, -0.15) is 13.2 Å². The molecule has 0 aliphatic carbocycles. The van der Waals surface area contributed by atoms with E-state index in [1.165, 1.54) is 13.8 Å². The zero-order valence-corrected chi connectivity index (χ0v) is 11.5. The van der Waals surface area contributed by atoms with Crippen molar-refractivity contribution >= 4 is 18.0 Å². The molecule has 0 unspecified atom stereocenters. The maximum Gasteiger partial charge on any atom is 0.419 e. The lowest BCUT2D eigenvalue weighted by atomic mass is 10.1. The van der Waals surface area contributed by atoms with E-state index in [4.69, 9.17) is 9.47 Å². The van der Waals surface area contributed by atoms with Crippen LogP contribution in [0, 0.1) is 5.82 Å². The van der Waals surface area contributed by atoms with Crippen LogP contribution in [0.5, 0.6) is 0 Å². The fourth-order valence-corrected chi connectivity index (χ4v) is 1.80. The van der Waals surface area contributed by atoms with E-state index in [1.807, 2.05) is 0 Å². The van der Waals surface area contributed by atoms with E-state index < -0.39 is 40.9 Å². The van der Waals surface area contributed by atoms with Crippen molar-refractivity contribution in [3.05, 3.63) is 40.7 Å². The minimum Gasteiger partial charge on any atom is -0.419 e. The van der Waals surface area contributed by atoms with Gasteiger partial charge in [-0.25, -0.2) is 14.0 Å². The molecular weight excluding hydrogens is 308 g/mol. The molecule has 1 aliphatic heterocycles. The molecule has 0 aromatic heterocycles. The van der Waals surface area contributed by atoms with Gasteiger partial charge in [-0.05, 0) is 23.8 Å². The van der Waals surface area contributed by atoms with E-state index >= 15 is 0 Å². The molecule has 1 fully saturated rings. The number of ether oxygens (including phenoxy) is 2. The van der Waals surface area contributed by atoms with Crippen LogP contribution in [0.2, 0.25) is 0 Å². The molecule has 8 heteroatoms. The van der Waals surface area contributed by atoms with Crippen LogP contribution in [0.15, 0.2) is 23.8 Å². The number of rotatable bonds is 1. The lowest BCUT2D eigenvalue weighted by Crippen LogP contribution is -2.41. The molecule has 0 N–H and O–H groups in total. The second kappa shape index (κ2) is 5.11. The highest BCUT2D eigenvalue weighted by Gasteiger charge is 2.39. The summed E-state index contributed by atoms with van der Waals surface area (Å²) in [6.45, 7) is 2.69. The fourth-order valence-electron chi connectivity index (χ4n) is 1.80. The van der Waals surface area contributed by atoms with Crippen molar-refractivity contribution in [3.63, 3.8) is 0 Å². The summed E-state index contributed by atoms with van der Waals surface area (Å²) < 4.78 is 60.4. The van der Waals surface area contributed by atoms with Crippen molar-refractivity contribution in [1.29, 1.82) is 0 Å². The van der Waals surface area contributed by atoms with E-state index in [-0.39, 0.29) is 5.56 Å². The summed E-state index contributed by atoms with van der Waals surface area (Å²) in [4.78, 5) is 23.3. The lowest BCUT2D eigenvalue weighted by Gasteiger charge is -2.29. The van der Waals surface area contributed by atoms with Crippen LogP contribution in [-0.4, -0.2) is 17.7 Å². The Balaban J connectivity index is 2.36. The fraction of sp³-hybridized carbons (Fsp3) is 0.286. The number of carbonyl (C=O) groups is 2. The molecule has 118 valence electrons. The van der Waals surface area contributed by atoms with Crippen molar-refractivity contribution in [3.8, 4) is 0 Å². The van der Waals surface area contributed by atoms with Crippen molar-refractivity contribution in [2.45, 2.75) is 25.8 Å². The van der Waals surface area contributed by atoms with E-state index in [0.717, 1.165) is 12.1 Å². The summed E-state index contributed by atoms with van der Waals surface area (Å²) in [7, 11) is 0.